The Morgan fingerprint density at radius 2 is 1.88 bits per heavy atom. The van der Waals surface area contributed by atoms with E-state index in [4.69, 9.17) is 9.47 Å². The Balaban J connectivity index is 1.45. The fraction of sp³-hybridized carbons (Fsp3) is 0.435. The summed E-state index contributed by atoms with van der Waals surface area (Å²) in [6.07, 6.45) is 0.938. The zero-order valence-electron chi connectivity index (χ0n) is 18.2. The summed E-state index contributed by atoms with van der Waals surface area (Å²) in [6.45, 7) is 4.72. The van der Waals surface area contributed by atoms with Gasteiger partial charge in [-0.2, -0.15) is 0 Å². The maximum atomic E-state index is 13.9. The molecule has 2 aliphatic rings. The number of carbonyl (C=O) groups is 1. The molecule has 2 fully saturated rings. The zero-order chi connectivity index (χ0) is 23.3. The second-order valence-corrected chi connectivity index (χ2v) is 9.84. The van der Waals surface area contributed by atoms with Crippen LogP contribution in [0.15, 0.2) is 53.4 Å². The van der Waals surface area contributed by atoms with Crippen molar-refractivity contribution in [1.82, 2.24) is 10.2 Å². The predicted molar refractivity (Wildman–Crippen MR) is 121 cm³/mol. The van der Waals surface area contributed by atoms with Crippen LogP contribution in [0.2, 0.25) is 0 Å². The number of nitrogens with one attached hydrogen (secondary N) is 2. The Morgan fingerprint density at radius 3 is 2.61 bits per heavy atom. The van der Waals surface area contributed by atoms with Crippen LogP contribution in [0, 0.1) is 11.7 Å². The molecule has 0 radical (unpaired) electrons. The molecular weight excluding hydrogens is 449 g/mol. The Labute approximate surface area is 193 Å². The van der Waals surface area contributed by atoms with Gasteiger partial charge in [-0.05, 0) is 36.8 Å². The molecule has 0 saturated carbocycles. The molecule has 0 aromatic heterocycles. The number of halogens is 1. The van der Waals surface area contributed by atoms with Crippen LogP contribution in [0.5, 0.6) is 0 Å². The van der Waals surface area contributed by atoms with E-state index in [1.54, 1.807) is 6.07 Å². The summed E-state index contributed by atoms with van der Waals surface area (Å²) in [5.74, 6) is -0.727. The lowest BCUT2D eigenvalue weighted by atomic mass is 9.96. The first-order valence-electron chi connectivity index (χ1n) is 11.0. The number of hydrogen-bond acceptors (Lipinski definition) is 6. The van der Waals surface area contributed by atoms with Gasteiger partial charge in [-0.1, -0.05) is 18.2 Å². The van der Waals surface area contributed by atoms with Crippen molar-refractivity contribution in [3.05, 3.63) is 59.9 Å². The van der Waals surface area contributed by atoms with Gasteiger partial charge >= 0.3 is 0 Å². The third-order valence-electron chi connectivity index (χ3n) is 6.02. The molecule has 0 aliphatic carbocycles. The molecular formula is C23H28FN3O5S. The predicted octanol–water partition coefficient (Wildman–Crippen LogP) is 2.09. The maximum Gasteiger partial charge on any atom is 0.262 e. The molecule has 2 aliphatic heterocycles. The van der Waals surface area contributed by atoms with Crippen molar-refractivity contribution in [2.75, 3.05) is 50.8 Å². The topological polar surface area (TPSA) is 97.0 Å². The standard InChI is InChI=1S/C23H28FN3O5S/c24-20-6-1-2-7-21(20)26-33(29,30)19-5-3-4-17(14-19)23(28)25-15-22(18-8-11-32-16-18)27-9-12-31-13-10-27/h1-7,14,18,22,26H,8-13,15-16H2,(H,25,28). The maximum absolute atomic E-state index is 13.9. The molecule has 2 atom stereocenters. The SMILES string of the molecule is O=C(NCC(C1CCOC1)N1CCOCC1)c1cccc(S(=O)(=O)Nc2ccccc2F)c1. The number of morpholine rings is 1. The number of nitrogens with zero attached hydrogens (tertiary/aromatic N) is 1. The molecule has 33 heavy (non-hydrogen) atoms. The van der Waals surface area contributed by atoms with E-state index in [2.05, 4.69) is 14.9 Å². The van der Waals surface area contributed by atoms with Gasteiger partial charge in [0.25, 0.3) is 15.9 Å². The van der Waals surface area contributed by atoms with E-state index in [0.29, 0.717) is 38.9 Å². The minimum absolute atomic E-state index is 0.118. The van der Waals surface area contributed by atoms with Gasteiger partial charge in [0.15, 0.2) is 0 Å². The first-order valence-corrected chi connectivity index (χ1v) is 12.5. The number of hydrogen-bond donors (Lipinski definition) is 2. The van der Waals surface area contributed by atoms with Crippen LogP contribution in [-0.4, -0.2) is 71.3 Å². The van der Waals surface area contributed by atoms with Gasteiger partial charge in [-0.15, -0.1) is 0 Å². The van der Waals surface area contributed by atoms with E-state index in [-0.39, 0.29) is 28.1 Å². The highest BCUT2D eigenvalue weighted by molar-refractivity contribution is 7.92. The summed E-state index contributed by atoms with van der Waals surface area (Å²) in [5.41, 5.74) is 0.0642. The van der Waals surface area contributed by atoms with Gasteiger partial charge in [0, 0.05) is 43.8 Å². The number of sulfonamides is 1. The van der Waals surface area contributed by atoms with Crippen LogP contribution in [0.4, 0.5) is 10.1 Å². The summed E-state index contributed by atoms with van der Waals surface area (Å²) in [4.78, 5) is 15.1. The number of ether oxygens (including phenoxy) is 2. The minimum atomic E-state index is -4.06. The van der Waals surface area contributed by atoms with Crippen molar-refractivity contribution in [3.8, 4) is 0 Å². The molecule has 2 aromatic carbocycles. The van der Waals surface area contributed by atoms with Crippen LogP contribution in [0.25, 0.3) is 0 Å². The molecule has 2 heterocycles. The summed E-state index contributed by atoms with van der Waals surface area (Å²) >= 11 is 0. The molecule has 4 rings (SSSR count). The molecule has 2 saturated heterocycles. The summed E-state index contributed by atoms with van der Waals surface area (Å²) < 4.78 is 52.6. The smallest absolute Gasteiger partial charge is 0.262 e. The number of carbonyl (C=O) groups excluding carboxylic acids is 1. The van der Waals surface area contributed by atoms with Crippen molar-refractivity contribution in [2.45, 2.75) is 17.4 Å². The van der Waals surface area contributed by atoms with Gasteiger partial charge in [-0.25, -0.2) is 12.8 Å². The number of benzene rings is 2. The molecule has 10 heteroatoms. The van der Waals surface area contributed by atoms with Crippen molar-refractivity contribution in [3.63, 3.8) is 0 Å². The number of amides is 1. The second-order valence-electron chi connectivity index (χ2n) is 8.16. The molecule has 2 N–H and O–H groups in total. The van der Waals surface area contributed by atoms with Crippen LogP contribution in [0.1, 0.15) is 16.8 Å². The van der Waals surface area contributed by atoms with Gasteiger partial charge in [0.05, 0.1) is 30.4 Å². The first-order chi connectivity index (χ1) is 15.9. The summed E-state index contributed by atoms with van der Waals surface area (Å²) in [5, 5.41) is 2.96. The quantitative estimate of drug-likeness (QED) is 0.605. The molecule has 0 bridgehead atoms. The Kier molecular flexibility index (Phi) is 7.59. The highest BCUT2D eigenvalue weighted by Gasteiger charge is 2.32. The molecule has 2 unspecified atom stereocenters. The Bertz CT molecular complexity index is 1070. The van der Waals surface area contributed by atoms with Gasteiger partial charge in [0.1, 0.15) is 5.82 Å². The lowest BCUT2D eigenvalue weighted by molar-refractivity contribution is 0.00166. The van der Waals surface area contributed by atoms with Gasteiger partial charge < -0.3 is 14.8 Å². The third-order valence-corrected chi connectivity index (χ3v) is 7.38. The van der Waals surface area contributed by atoms with E-state index in [1.807, 2.05) is 0 Å². The third kappa shape index (κ3) is 5.89. The van der Waals surface area contributed by atoms with Crippen LogP contribution < -0.4 is 10.0 Å². The van der Waals surface area contributed by atoms with Crippen molar-refractivity contribution >= 4 is 21.6 Å². The first kappa shape index (κ1) is 23.6. The molecule has 0 spiro atoms. The van der Waals surface area contributed by atoms with Crippen LogP contribution in [-0.2, 0) is 19.5 Å². The zero-order valence-corrected chi connectivity index (χ0v) is 19.0. The van der Waals surface area contributed by atoms with E-state index >= 15 is 0 Å². The Hall–Kier alpha value is -2.53. The lowest BCUT2D eigenvalue weighted by Crippen LogP contribution is -2.52. The monoisotopic (exact) mass is 477 g/mol. The molecule has 1 amide bonds. The fourth-order valence-electron chi connectivity index (χ4n) is 4.21. The summed E-state index contributed by atoms with van der Waals surface area (Å²) in [7, 11) is -4.06. The molecule has 8 nitrogen and oxygen atoms in total. The van der Waals surface area contributed by atoms with Crippen LogP contribution >= 0.6 is 0 Å². The van der Waals surface area contributed by atoms with E-state index < -0.39 is 15.8 Å². The Morgan fingerprint density at radius 1 is 1.09 bits per heavy atom. The number of para-hydroxylation sites is 1. The normalized spacial score (nSPS) is 20.3. The lowest BCUT2D eigenvalue weighted by Gasteiger charge is -2.37. The van der Waals surface area contributed by atoms with E-state index in [0.717, 1.165) is 19.5 Å². The number of rotatable bonds is 8. The van der Waals surface area contributed by atoms with E-state index in [9.17, 15) is 17.6 Å². The van der Waals surface area contributed by atoms with Crippen molar-refractivity contribution in [2.24, 2.45) is 5.92 Å². The van der Waals surface area contributed by atoms with E-state index in [1.165, 1.54) is 42.5 Å². The largest absolute Gasteiger partial charge is 0.381 e. The number of anilines is 1. The van der Waals surface area contributed by atoms with Crippen molar-refractivity contribution < 1.29 is 27.1 Å². The molecule has 2 aromatic rings. The highest BCUT2D eigenvalue weighted by Crippen LogP contribution is 2.23. The molecule has 178 valence electrons. The van der Waals surface area contributed by atoms with Crippen LogP contribution in [0.3, 0.4) is 0 Å². The summed E-state index contributed by atoms with van der Waals surface area (Å²) in [6, 6.07) is 11.3. The van der Waals surface area contributed by atoms with Crippen molar-refractivity contribution in [1.29, 1.82) is 0 Å². The average molecular weight is 478 g/mol. The minimum Gasteiger partial charge on any atom is -0.381 e. The van der Waals surface area contributed by atoms with Gasteiger partial charge in [0.2, 0.25) is 0 Å². The highest BCUT2D eigenvalue weighted by atomic mass is 32.2. The van der Waals surface area contributed by atoms with Gasteiger partial charge in [-0.3, -0.25) is 14.4 Å². The average Bonchev–Trinajstić information content (AvgIpc) is 3.36. The second kappa shape index (κ2) is 10.6. The fourth-order valence-corrected chi connectivity index (χ4v) is 5.32.